The lowest BCUT2D eigenvalue weighted by Gasteiger charge is -2.09. The Kier molecular flexibility index (Phi) is 5.09. The SMILES string of the molecule is Cc1cc(Nc2nccc(C(F)F)n2)cc(-c2cnn(C[C@@H]3OC(=O)NC3=O)c2)c1. The number of alkyl halides is 2. The Balaban J connectivity index is 1.54. The molecule has 0 aliphatic carbocycles. The number of aryl methyl sites for hydroxylation is 1. The maximum absolute atomic E-state index is 12.8. The summed E-state index contributed by atoms with van der Waals surface area (Å²) in [5.41, 5.74) is 2.73. The molecule has 2 aromatic heterocycles. The lowest BCUT2D eigenvalue weighted by molar-refractivity contribution is -0.124. The average molecular weight is 414 g/mol. The van der Waals surface area contributed by atoms with E-state index >= 15 is 0 Å². The van der Waals surface area contributed by atoms with Crippen molar-refractivity contribution in [1.29, 1.82) is 0 Å². The molecular formula is C19H16F2N6O3. The number of halogens is 2. The van der Waals surface area contributed by atoms with Gasteiger partial charge in [-0.05, 0) is 36.2 Å². The van der Waals surface area contributed by atoms with Crippen molar-refractivity contribution >= 4 is 23.6 Å². The Labute approximate surface area is 169 Å². The summed E-state index contributed by atoms with van der Waals surface area (Å²) in [6, 6.07) is 6.71. The molecule has 1 aliphatic rings. The third kappa shape index (κ3) is 4.24. The number of ether oxygens (including phenoxy) is 1. The smallest absolute Gasteiger partial charge is 0.414 e. The van der Waals surface area contributed by atoms with Crippen LogP contribution in [0, 0.1) is 6.92 Å². The predicted molar refractivity (Wildman–Crippen MR) is 101 cm³/mol. The number of cyclic esters (lactones) is 1. The minimum absolute atomic E-state index is 0.0640. The molecule has 4 rings (SSSR count). The number of rotatable bonds is 6. The molecule has 154 valence electrons. The molecule has 1 saturated heterocycles. The van der Waals surface area contributed by atoms with Gasteiger partial charge in [0.2, 0.25) is 12.1 Å². The summed E-state index contributed by atoms with van der Waals surface area (Å²) in [5.74, 6) is -0.445. The molecule has 9 nitrogen and oxygen atoms in total. The van der Waals surface area contributed by atoms with Crippen LogP contribution in [0.15, 0.2) is 42.9 Å². The van der Waals surface area contributed by atoms with E-state index in [1.165, 1.54) is 10.9 Å². The zero-order valence-corrected chi connectivity index (χ0v) is 15.7. The Hall–Kier alpha value is -3.89. The van der Waals surface area contributed by atoms with Crippen LogP contribution < -0.4 is 10.6 Å². The summed E-state index contributed by atoms with van der Waals surface area (Å²) in [4.78, 5) is 30.5. The number of aromatic nitrogens is 4. The van der Waals surface area contributed by atoms with E-state index in [4.69, 9.17) is 4.74 Å². The third-order valence-electron chi connectivity index (χ3n) is 4.32. The molecule has 11 heteroatoms. The molecule has 1 fully saturated rings. The van der Waals surface area contributed by atoms with Crippen LogP contribution in [0.4, 0.5) is 25.2 Å². The van der Waals surface area contributed by atoms with Crippen molar-refractivity contribution < 1.29 is 23.1 Å². The number of alkyl carbamates (subject to hydrolysis) is 1. The number of hydrogen-bond donors (Lipinski definition) is 2. The first kappa shape index (κ1) is 19.4. The first-order chi connectivity index (χ1) is 14.4. The second-order valence-corrected chi connectivity index (χ2v) is 6.65. The van der Waals surface area contributed by atoms with Gasteiger partial charge in [0.1, 0.15) is 5.69 Å². The van der Waals surface area contributed by atoms with Crippen molar-refractivity contribution in [2.24, 2.45) is 0 Å². The normalized spacial score (nSPS) is 15.9. The molecule has 1 atom stereocenters. The minimum Gasteiger partial charge on any atom is -0.434 e. The first-order valence-corrected chi connectivity index (χ1v) is 8.91. The van der Waals surface area contributed by atoms with E-state index in [9.17, 15) is 18.4 Å². The zero-order chi connectivity index (χ0) is 21.3. The van der Waals surface area contributed by atoms with Gasteiger partial charge in [-0.1, -0.05) is 6.07 Å². The number of imide groups is 1. The van der Waals surface area contributed by atoms with Crippen LogP contribution >= 0.6 is 0 Å². The molecule has 0 unspecified atom stereocenters. The number of nitrogens with zero attached hydrogens (tertiary/aromatic N) is 4. The molecule has 2 amide bonds. The van der Waals surface area contributed by atoms with Gasteiger partial charge in [0.05, 0.1) is 12.7 Å². The summed E-state index contributed by atoms with van der Waals surface area (Å²) >= 11 is 0. The number of carbonyl (C=O) groups excluding carboxylic acids is 2. The van der Waals surface area contributed by atoms with Crippen molar-refractivity contribution in [3.05, 3.63) is 54.1 Å². The van der Waals surface area contributed by atoms with E-state index < -0.39 is 24.5 Å². The highest BCUT2D eigenvalue weighted by atomic mass is 19.3. The van der Waals surface area contributed by atoms with Gasteiger partial charge in [0.25, 0.3) is 12.3 Å². The molecule has 0 bridgehead atoms. The van der Waals surface area contributed by atoms with Gasteiger partial charge in [0, 0.05) is 23.6 Å². The highest BCUT2D eigenvalue weighted by molar-refractivity contribution is 5.99. The average Bonchev–Trinajstić information content (AvgIpc) is 3.28. The molecule has 1 aliphatic heterocycles. The van der Waals surface area contributed by atoms with Crippen LogP contribution in [0.5, 0.6) is 0 Å². The highest BCUT2D eigenvalue weighted by Crippen LogP contribution is 2.26. The molecule has 0 saturated carbocycles. The van der Waals surface area contributed by atoms with Crippen LogP contribution in [0.25, 0.3) is 11.1 Å². The monoisotopic (exact) mass is 414 g/mol. The molecular weight excluding hydrogens is 398 g/mol. The highest BCUT2D eigenvalue weighted by Gasteiger charge is 2.32. The van der Waals surface area contributed by atoms with E-state index in [1.807, 2.05) is 19.1 Å². The van der Waals surface area contributed by atoms with Crippen LogP contribution in [0.1, 0.15) is 17.7 Å². The molecule has 30 heavy (non-hydrogen) atoms. The van der Waals surface area contributed by atoms with Gasteiger partial charge in [-0.2, -0.15) is 5.10 Å². The Morgan fingerprint density at radius 1 is 1.27 bits per heavy atom. The van der Waals surface area contributed by atoms with E-state index in [0.717, 1.165) is 22.8 Å². The van der Waals surface area contributed by atoms with Crippen molar-refractivity contribution in [2.45, 2.75) is 26.0 Å². The maximum Gasteiger partial charge on any atom is 0.414 e. The molecule has 1 aromatic carbocycles. The molecule has 3 aromatic rings. The second-order valence-electron chi connectivity index (χ2n) is 6.65. The summed E-state index contributed by atoms with van der Waals surface area (Å²) in [6.07, 6.45) is 0.203. The molecule has 0 radical (unpaired) electrons. The standard InChI is InChI=1S/C19H16F2N6O3/c1-10-4-11(6-13(5-10)24-18-22-3-2-14(25-18)16(20)21)12-7-23-27(8-12)9-15-17(28)26-19(29)30-15/h2-8,15-16H,9H2,1H3,(H,22,24,25)(H,26,28,29)/t15-/m0/s1. The fourth-order valence-electron chi connectivity index (χ4n) is 3.00. The van der Waals surface area contributed by atoms with Crippen LogP contribution in [-0.2, 0) is 16.1 Å². The fourth-order valence-corrected chi connectivity index (χ4v) is 3.00. The Morgan fingerprint density at radius 2 is 2.10 bits per heavy atom. The van der Waals surface area contributed by atoms with Crippen LogP contribution in [-0.4, -0.2) is 37.9 Å². The second kappa shape index (κ2) is 7.85. The Bertz CT molecular complexity index is 1120. The van der Waals surface area contributed by atoms with E-state index in [-0.39, 0.29) is 18.2 Å². The number of benzene rings is 1. The van der Waals surface area contributed by atoms with Crippen LogP contribution in [0.3, 0.4) is 0 Å². The number of anilines is 2. The summed E-state index contributed by atoms with van der Waals surface area (Å²) in [6.45, 7) is 1.97. The zero-order valence-electron chi connectivity index (χ0n) is 15.7. The molecule has 3 heterocycles. The number of hydrogen-bond acceptors (Lipinski definition) is 7. The van der Waals surface area contributed by atoms with Gasteiger partial charge >= 0.3 is 6.09 Å². The van der Waals surface area contributed by atoms with E-state index in [1.54, 1.807) is 18.5 Å². The van der Waals surface area contributed by atoms with Crippen molar-refractivity contribution in [3.63, 3.8) is 0 Å². The minimum atomic E-state index is -2.69. The quantitative estimate of drug-likeness (QED) is 0.638. The van der Waals surface area contributed by atoms with Crippen molar-refractivity contribution in [3.8, 4) is 11.1 Å². The summed E-state index contributed by atoms with van der Waals surface area (Å²) in [5, 5.41) is 9.21. The first-order valence-electron chi connectivity index (χ1n) is 8.91. The number of carbonyl (C=O) groups is 2. The number of amides is 2. The molecule has 0 spiro atoms. The van der Waals surface area contributed by atoms with Gasteiger partial charge in [-0.15, -0.1) is 0 Å². The summed E-state index contributed by atoms with van der Waals surface area (Å²) < 4.78 is 32.1. The lowest BCUT2D eigenvalue weighted by atomic mass is 10.1. The van der Waals surface area contributed by atoms with Gasteiger partial charge in [0.15, 0.2) is 0 Å². The van der Waals surface area contributed by atoms with E-state index in [0.29, 0.717) is 5.69 Å². The third-order valence-corrected chi connectivity index (χ3v) is 4.32. The topological polar surface area (TPSA) is 111 Å². The predicted octanol–water partition coefficient (Wildman–Crippen LogP) is 2.96. The Morgan fingerprint density at radius 3 is 2.83 bits per heavy atom. The van der Waals surface area contributed by atoms with Gasteiger partial charge in [-0.25, -0.2) is 23.5 Å². The van der Waals surface area contributed by atoms with E-state index in [2.05, 4.69) is 25.7 Å². The molecule has 2 N–H and O–H groups in total. The van der Waals surface area contributed by atoms with Crippen LogP contribution in [0.2, 0.25) is 0 Å². The number of nitrogens with one attached hydrogen (secondary N) is 2. The maximum atomic E-state index is 12.8. The summed E-state index contributed by atoms with van der Waals surface area (Å²) in [7, 11) is 0. The van der Waals surface area contributed by atoms with Gasteiger partial charge < -0.3 is 10.1 Å². The van der Waals surface area contributed by atoms with Crippen molar-refractivity contribution in [2.75, 3.05) is 5.32 Å². The largest absolute Gasteiger partial charge is 0.434 e. The van der Waals surface area contributed by atoms with Gasteiger partial charge in [-0.3, -0.25) is 14.8 Å². The fraction of sp³-hybridized carbons (Fsp3) is 0.211. The lowest BCUT2D eigenvalue weighted by Crippen LogP contribution is -2.28. The van der Waals surface area contributed by atoms with Crippen molar-refractivity contribution in [1.82, 2.24) is 25.1 Å².